The first kappa shape index (κ1) is 13.0. The van der Waals surface area contributed by atoms with Crippen LogP contribution in [0.5, 0.6) is 5.75 Å². The fraction of sp³-hybridized carbons (Fsp3) is 0.500. The number of nitrogens with zero attached hydrogens (tertiary/aromatic N) is 2. The van der Waals surface area contributed by atoms with Gasteiger partial charge in [0.05, 0.1) is 13.4 Å². The molecular formula is C10H15N3O4. The summed E-state index contributed by atoms with van der Waals surface area (Å²) in [7, 11) is 3.12. The smallest absolute Gasteiger partial charge is 0.303 e. The second kappa shape index (κ2) is 5.88. The number of rotatable bonds is 6. The molecule has 0 radical (unpaired) electrons. The van der Waals surface area contributed by atoms with Gasteiger partial charge >= 0.3 is 5.97 Å². The van der Waals surface area contributed by atoms with Gasteiger partial charge in [-0.1, -0.05) is 0 Å². The van der Waals surface area contributed by atoms with Gasteiger partial charge in [-0.25, -0.2) is 4.98 Å². The highest BCUT2D eigenvalue weighted by atomic mass is 16.5. The van der Waals surface area contributed by atoms with Crippen LogP contribution >= 0.6 is 0 Å². The van der Waals surface area contributed by atoms with Crippen molar-refractivity contribution in [3.05, 3.63) is 16.7 Å². The lowest BCUT2D eigenvalue weighted by Gasteiger charge is -2.18. The maximum Gasteiger partial charge on any atom is 0.303 e. The van der Waals surface area contributed by atoms with Crippen LogP contribution in [-0.4, -0.2) is 41.7 Å². The maximum absolute atomic E-state index is 11.4. The molecule has 1 aromatic rings. The van der Waals surface area contributed by atoms with Gasteiger partial charge in [0.2, 0.25) is 5.75 Å². The van der Waals surface area contributed by atoms with Crippen molar-refractivity contribution in [1.82, 2.24) is 9.97 Å². The molecule has 2 N–H and O–H groups in total. The first-order valence-corrected chi connectivity index (χ1v) is 5.11. The Labute approximate surface area is 98.1 Å². The molecule has 0 saturated carbocycles. The van der Waals surface area contributed by atoms with Crippen LogP contribution in [0.15, 0.2) is 11.1 Å². The molecule has 0 aliphatic heterocycles. The monoisotopic (exact) mass is 241 g/mol. The van der Waals surface area contributed by atoms with Crippen molar-refractivity contribution < 1.29 is 14.6 Å². The van der Waals surface area contributed by atoms with Crippen molar-refractivity contribution in [2.45, 2.75) is 12.8 Å². The van der Waals surface area contributed by atoms with E-state index in [1.807, 2.05) is 0 Å². The van der Waals surface area contributed by atoms with Crippen molar-refractivity contribution in [1.29, 1.82) is 0 Å². The molecule has 0 atom stereocenters. The molecule has 1 aromatic heterocycles. The van der Waals surface area contributed by atoms with E-state index >= 15 is 0 Å². The first-order valence-electron chi connectivity index (χ1n) is 5.11. The second-order valence-electron chi connectivity index (χ2n) is 3.51. The third-order valence-corrected chi connectivity index (χ3v) is 2.24. The van der Waals surface area contributed by atoms with Crippen LogP contribution in [0.25, 0.3) is 0 Å². The number of hydrogen-bond acceptors (Lipinski definition) is 5. The van der Waals surface area contributed by atoms with Crippen molar-refractivity contribution in [3.8, 4) is 5.75 Å². The van der Waals surface area contributed by atoms with E-state index in [1.54, 1.807) is 11.9 Å². The molecule has 0 unspecified atom stereocenters. The lowest BCUT2D eigenvalue weighted by Crippen LogP contribution is -2.24. The molecule has 0 aliphatic rings. The number of H-pyrrole nitrogens is 1. The van der Waals surface area contributed by atoms with Gasteiger partial charge in [-0.2, -0.15) is 0 Å². The number of methoxy groups -OCH3 is 1. The number of ether oxygens (including phenoxy) is 1. The highest BCUT2D eigenvalue weighted by molar-refractivity contribution is 5.66. The van der Waals surface area contributed by atoms with Crippen molar-refractivity contribution in [2.75, 3.05) is 25.6 Å². The van der Waals surface area contributed by atoms with Crippen LogP contribution in [0.4, 0.5) is 5.82 Å². The van der Waals surface area contributed by atoms with E-state index in [4.69, 9.17) is 9.84 Å². The zero-order chi connectivity index (χ0) is 12.8. The van der Waals surface area contributed by atoms with E-state index in [0.29, 0.717) is 18.8 Å². The number of aromatic nitrogens is 2. The van der Waals surface area contributed by atoms with Gasteiger partial charge in [0, 0.05) is 20.0 Å². The minimum atomic E-state index is -0.843. The van der Waals surface area contributed by atoms with Crippen LogP contribution in [0.2, 0.25) is 0 Å². The zero-order valence-corrected chi connectivity index (χ0v) is 9.77. The Morgan fingerprint density at radius 1 is 1.65 bits per heavy atom. The number of aromatic amines is 1. The molecular weight excluding hydrogens is 226 g/mol. The van der Waals surface area contributed by atoms with E-state index in [1.165, 1.54) is 13.4 Å². The Morgan fingerprint density at radius 3 is 2.94 bits per heavy atom. The van der Waals surface area contributed by atoms with E-state index in [0.717, 1.165) is 0 Å². The number of carboxylic acids is 1. The van der Waals surface area contributed by atoms with Crippen LogP contribution in [0.3, 0.4) is 0 Å². The summed E-state index contributed by atoms with van der Waals surface area (Å²) < 4.78 is 4.96. The standard InChI is InChI=1S/C10H15N3O4/c1-13(5-3-4-7(14)15)9-8(17-2)10(16)12-6-11-9/h6H,3-5H2,1-2H3,(H,14,15)(H,11,12,16). The summed E-state index contributed by atoms with van der Waals surface area (Å²) in [5.41, 5.74) is -0.359. The lowest BCUT2D eigenvalue weighted by atomic mass is 10.3. The van der Waals surface area contributed by atoms with Crippen molar-refractivity contribution in [3.63, 3.8) is 0 Å². The fourth-order valence-electron chi connectivity index (χ4n) is 1.41. The number of aliphatic carboxylic acids is 1. The van der Waals surface area contributed by atoms with Gasteiger partial charge in [-0.3, -0.25) is 9.59 Å². The van der Waals surface area contributed by atoms with Crippen LogP contribution in [0, 0.1) is 0 Å². The van der Waals surface area contributed by atoms with E-state index in [-0.39, 0.29) is 17.7 Å². The average Bonchev–Trinajstić information content (AvgIpc) is 2.28. The summed E-state index contributed by atoms with van der Waals surface area (Å²) in [6.07, 6.45) is 1.84. The molecule has 0 bridgehead atoms. The largest absolute Gasteiger partial charge is 0.489 e. The van der Waals surface area contributed by atoms with Gasteiger partial charge in [-0.15, -0.1) is 0 Å². The summed E-state index contributed by atoms with van der Waals surface area (Å²) in [6.45, 7) is 0.485. The van der Waals surface area contributed by atoms with Crippen LogP contribution in [-0.2, 0) is 4.79 Å². The normalized spacial score (nSPS) is 10.0. The number of anilines is 1. The average molecular weight is 241 g/mol. The van der Waals surface area contributed by atoms with Gasteiger partial charge in [0.25, 0.3) is 5.56 Å². The highest BCUT2D eigenvalue weighted by Crippen LogP contribution is 2.18. The highest BCUT2D eigenvalue weighted by Gasteiger charge is 2.13. The second-order valence-corrected chi connectivity index (χ2v) is 3.51. The van der Waals surface area contributed by atoms with Gasteiger partial charge in [-0.05, 0) is 6.42 Å². The summed E-state index contributed by atoms with van der Waals surface area (Å²) >= 11 is 0. The molecule has 0 spiro atoms. The fourth-order valence-corrected chi connectivity index (χ4v) is 1.41. The molecule has 0 amide bonds. The third-order valence-electron chi connectivity index (χ3n) is 2.24. The Hall–Kier alpha value is -2.05. The van der Waals surface area contributed by atoms with Gasteiger partial charge in [0.1, 0.15) is 0 Å². The molecule has 94 valence electrons. The number of carbonyl (C=O) groups is 1. The quantitative estimate of drug-likeness (QED) is 0.732. The maximum atomic E-state index is 11.4. The molecule has 0 aromatic carbocycles. The van der Waals surface area contributed by atoms with Crippen LogP contribution < -0.4 is 15.2 Å². The topological polar surface area (TPSA) is 95.5 Å². The van der Waals surface area contributed by atoms with E-state index < -0.39 is 5.97 Å². The Kier molecular flexibility index (Phi) is 4.50. The predicted octanol–water partition coefficient (Wildman–Crippen LogP) is 0.0795. The minimum absolute atomic E-state index is 0.0792. The SMILES string of the molecule is COc1c(N(C)CCCC(=O)O)nc[nH]c1=O. The number of nitrogens with one attached hydrogen (secondary N) is 1. The van der Waals surface area contributed by atoms with E-state index in [9.17, 15) is 9.59 Å². The molecule has 7 heteroatoms. The number of carboxylic acid groups (broad SMARTS) is 1. The predicted molar refractivity (Wildman–Crippen MR) is 61.5 cm³/mol. The van der Waals surface area contributed by atoms with Gasteiger partial charge in [0.15, 0.2) is 5.82 Å². The number of hydrogen-bond donors (Lipinski definition) is 2. The molecule has 0 aliphatic carbocycles. The van der Waals surface area contributed by atoms with Gasteiger partial charge < -0.3 is 19.7 Å². The lowest BCUT2D eigenvalue weighted by molar-refractivity contribution is -0.137. The molecule has 1 heterocycles. The first-order chi connectivity index (χ1) is 8.06. The molecule has 7 nitrogen and oxygen atoms in total. The van der Waals surface area contributed by atoms with E-state index in [2.05, 4.69) is 9.97 Å². The van der Waals surface area contributed by atoms with Crippen LogP contribution in [0.1, 0.15) is 12.8 Å². The summed E-state index contributed by atoms with van der Waals surface area (Å²) in [6, 6.07) is 0. The Balaban J connectivity index is 2.74. The third kappa shape index (κ3) is 3.47. The Bertz CT molecular complexity index is 443. The molecule has 0 fully saturated rings. The molecule has 0 saturated heterocycles. The minimum Gasteiger partial charge on any atom is -0.489 e. The zero-order valence-electron chi connectivity index (χ0n) is 9.77. The summed E-state index contributed by atoms with van der Waals surface area (Å²) in [5, 5.41) is 8.53. The van der Waals surface area contributed by atoms with Crippen molar-refractivity contribution >= 4 is 11.8 Å². The molecule has 1 rings (SSSR count). The summed E-state index contributed by atoms with van der Waals surface area (Å²) in [5.74, 6) is -0.309. The summed E-state index contributed by atoms with van der Waals surface area (Å²) in [4.78, 5) is 29.9. The van der Waals surface area contributed by atoms with Crippen molar-refractivity contribution in [2.24, 2.45) is 0 Å². The Morgan fingerprint density at radius 2 is 2.35 bits per heavy atom. The molecule has 17 heavy (non-hydrogen) atoms.